The van der Waals surface area contributed by atoms with E-state index >= 15 is 0 Å². The van der Waals surface area contributed by atoms with Gasteiger partial charge in [0.1, 0.15) is 0 Å². The molecule has 0 bridgehead atoms. The zero-order chi connectivity index (χ0) is 11.2. The fourth-order valence-corrected chi connectivity index (χ4v) is 2.25. The van der Waals surface area contributed by atoms with E-state index in [1.807, 2.05) is 0 Å². The molecule has 1 heterocycles. The van der Waals surface area contributed by atoms with Gasteiger partial charge in [-0.1, -0.05) is 18.2 Å². The van der Waals surface area contributed by atoms with E-state index in [1.54, 1.807) is 0 Å². The fraction of sp³-hybridized carbons (Fsp3) is 0.538. The van der Waals surface area contributed by atoms with Crippen LogP contribution in [-0.4, -0.2) is 37.1 Å². The lowest BCUT2D eigenvalue weighted by molar-refractivity contribution is 0.224. The smallest absolute Gasteiger partial charge is 0.0342 e. The van der Waals surface area contributed by atoms with Crippen LogP contribution < -0.4 is 11.1 Å². The molecule has 0 spiro atoms. The van der Waals surface area contributed by atoms with Crippen molar-refractivity contribution in [3.63, 3.8) is 0 Å². The molecule has 88 valence electrons. The number of nitrogens with one attached hydrogen (secondary N) is 1. The summed E-state index contributed by atoms with van der Waals surface area (Å²) < 4.78 is 0. The number of hydrogen-bond acceptors (Lipinski definition) is 3. The van der Waals surface area contributed by atoms with Crippen molar-refractivity contribution in [1.82, 2.24) is 4.90 Å². The highest BCUT2D eigenvalue weighted by Gasteiger charge is 2.17. The number of nitrogens with two attached hydrogens (primary N) is 1. The Labute approximate surface area is 97.6 Å². The van der Waals surface area contributed by atoms with E-state index in [0.717, 1.165) is 13.1 Å². The van der Waals surface area contributed by atoms with Crippen LogP contribution in [0.2, 0.25) is 0 Å². The molecule has 1 aromatic rings. The van der Waals surface area contributed by atoms with E-state index in [-0.39, 0.29) is 0 Å². The molecule has 0 amide bonds. The molecule has 1 saturated heterocycles. The number of piperidine rings is 1. The van der Waals surface area contributed by atoms with Gasteiger partial charge in [-0.15, -0.1) is 0 Å². The largest absolute Gasteiger partial charge is 0.382 e. The quantitative estimate of drug-likeness (QED) is 0.807. The van der Waals surface area contributed by atoms with Crippen LogP contribution in [0.1, 0.15) is 12.8 Å². The van der Waals surface area contributed by atoms with Gasteiger partial charge < -0.3 is 16.0 Å². The zero-order valence-corrected chi connectivity index (χ0v) is 9.73. The van der Waals surface area contributed by atoms with Crippen molar-refractivity contribution in [2.75, 3.05) is 31.5 Å². The van der Waals surface area contributed by atoms with Gasteiger partial charge in [0.25, 0.3) is 0 Å². The van der Waals surface area contributed by atoms with Gasteiger partial charge in [-0.05, 0) is 25.0 Å². The lowest BCUT2D eigenvalue weighted by Crippen LogP contribution is -2.41. The van der Waals surface area contributed by atoms with Crippen LogP contribution in [0, 0.1) is 0 Å². The highest BCUT2D eigenvalue weighted by molar-refractivity contribution is 5.43. The molecule has 1 aliphatic rings. The Morgan fingerprint density at radius 2 is 1.88 bits per heavy atom. The Morgan fingerprint density at radius 3 is 2.50 bits per heavy atom. The van der Waals surface area contributed by atoms with E-state index in [0.29, 0.717) is 6.04 Å². The maximum absolute atomic E-state index is 5.56. The van der Waals surface area contributed by atoms with Crippen molar-refractivity contribution in [3.8, 4) is 0 Å². The molecule has 0 atom stereocenters. The third-order valence-corrected chi connectivity index (χ3v) is 3.18. The summed E-state index contributed by atoms with van der Waals surface area (Å²) in [5.74, 6) is 0. The summed E-state index contributed by atoms with van der Waals surface area (Å²) in [6.45, 7) is 4.15. The molecule has 1 aliphatic heterocycles. The van der Waals surface area contributed by atoms with Gasteiger partial charge in [0.05, 0.1) is 0 Å². The molecule has 16 heavy (non-hydrogen) atoms. The van der Waals surface area contributed by atoms with Crippen molar-refractivity contribution in [2.45, 2.75) is 18.9 Å². The first-order valence-corrected chi connectivity index (χ1v) is 6.12. The standard InChI is InChI=1S/C13H21N3/c14-8-11-16-9-6-13(7-10-16)15-12-4-2-1-3-5-12/h1-5,13,15H,6-11,14H2. The van der Waals surface area contributed by atoms with Crippen molar-refractivity contribution < 1.29 is 0 Å². The average molecular weight is 219 g/mol. The zero-order valence-electron chi connectivity index (χ0n) is 9.73. The van der Waals surface area contributed by atoms with E-state index in [2.05, 4.69) is 40.5 Å². The van der Waals surface area contributed by atoms with Crippen LogP contribution >= 0.6 is 0 Å². The van der Waals surface area contributed by atoms with Crippen molar-refractivity contribution in [1.29, 1.82) is 0 Å². The second kappa shape index (κ2) is 5.87. The summed E-state index contributed by atoms with van der Waals surface area (Å²) in [6.07, 6.45) is 2.43. The van der Waals surface area contributed by atoms with Crippen LogP contribution in [0.5, 0.6) is 0 Å². The molecule has 3 nitrogen and oxygen atoms in total. The fourth-order valence-electron chi connectivity index (χ4n) is 2.25. The Bertz CT molecular complexity index is 291. The maximum atomic E-state index is 5.56. The summed E-state index contributed by atoms with van der Waals surface area (Å²) >= 11 is 0. The molecular weight excluding hydrogens is 198 g/mol. The Hall–Kier alpha value is -1.06. The third kappa shape index (κ3) is 3.22. The van der Waals surface area contributed by atoms with E-state index in [9.17, 15) is 0 Å². The predicted octanol–water partition coefficient (Wildman–Crippen LogP) is 1.52. The first-order valence-electron chi connectivity index (χ1n) is 6.12. The Morgan fingerprint density at radius 1 is 1.19 bits per heavy atom. The molecule has 3 N–H and O–H groups in total. The third-order valence-electron chi connectivity index (χ3n) is 3.18. The molecule has 3 heteroatoms. The number of para-hydroxylation sites is 1. The second-order valence-electron chi connectivity index (χ2n) is 4.41. The van der Waals surface area contributed by atoms with Crippen molar-refractivity contribution in [3.05, 3.63) is 30.3 Å². The van der Waals surface area contributed by atoms with E-state index < -0.39 is 0 Å². The molecule has 1 aromatic carbocycles. The van der Waals surface area contributed by atoms with Gasteiger partial charge >= 0.3 is 0 Å². The summed E-state index contributed by atoms with van der Waals surface area (Å²) in [4.78, 5) is 2.45. The van der Waals surface area contributed by atoms with Gasteiger partial charge in [-0.25, -0.2) is 0 Å². The molecule has 0 radical (unpaired) electrons. The highest BCUT2D eigenvalue weighted by atomic mass is 15.1. The summed E-state index contributed by atoms with van der Waals surface area (Å²) in [5.41, 5.74) is 6.80. The molecule has 0 aromatic heterocycles. The number of nitrogens with zero attached hydrogens (tertiary/aromatic N) is 1. The molecular formula is C13H21N3. The number of hydrogen-bond donors (Lipinski definition) is 2. The maximum Gasteiger partial charge on any atom is 0.0342 e. The van der Waals surface area contributed by atoms with Crippen LogP contribution in [-0.2, 0) is 0 Å². The van der Waals surface area contributed by atoms with Crippen LogP contribution in [0.3, 0.4) is 0 Å². The summed E-state index contributed by atoms with van der Waals surface area (Å²) in [6, 6.07) is 11.1. The topological polar surface area (TPSA) is 41.3 Å². The van der Waals surface area contributed by atoms with Gasteiger partial charge in [-0.2, -0.15) is 0 Å². The summed E-state index contributed by atoms with van der Waals surface area (Å²) in [7, 11) is 0. The molecule has 1 fully saturated rings. The van der Waals surface area contributed by atoms with Crippen molar-refractivity contribution in [2.24, 2.45) is 5.73 Å². The number of rotatable bonds is 4. The monoisotopic (exact) mass is 219 g/mol. The molecule has 2 rings (SSSR count). The van der Waals surface area contributed by atoms with Crippen LogP contribution in [0.15, 0.2) is 30.3 Å². The number of anilines is 1. The van der Waals surface area contributed by atoms with E-state index in [4.69, 9.17) is 5.73 Å². The van der Waals surface area contributed by atoms with Gasteiger partial charge in [0.2, 0.25) is 0 Å². The lowest BCUT2D eigenvalue weighted by atomic mass is 10.0. The Balaban J connectivity index is 1.77. The normalized spacial score (nSPS) is 18.6. The highest BCUT2D eigenvalue weighted by Crippen LogP contribution is 2.15. The van der Waals surface area contributed by atoms with Crippen molar-refractivity contribution >= 4 is 5.69 Å². The van der Waals surface area contributed by atoms with Crippen LogP contribution in [0.4, 0.5) is 5.69 Å². The van der Waals surface area contributed by atoms with Crippen LogP contribution in [0.25, 0.3) is 0 Å². The predicted molar refractivity (Wildman–Crippen MR) is 68.6 cm³/mol. The number of benzene rings is 1. The second-order valence-corrected chi connectivity index (χ2v) is 4.41. The van der Waals surface area contributed by atoms with Gasteiger partial charge in [-0.3, -0.25) is 0 Å². The SMILES string of the molecule is NCCN1CCC(Nc2ccccc2)CC1. The summed E-state index contributed by atoms with van der Waals surface area (Å²) in [5, 5.41) is 3.59. The first-order chi connectivity index (χ1) is 7.88. The minimum atomic E-state index is 0.622. The number of likely N-dealkylation sites (tertiary alicyclic amines) is 1. The molecule has 0 saturated carbocycles. The van der Waals surface area contributed by atoms with E-state index in [1.165, 1.54) is 31.6 Å². The Kier molecular flexibility index (Phi) is 4.19. The molecule has 0 unspecified atom stereocenters. The molecule has 0 aliphatic carbocycles. The lowest BCUT2D eigenvalue weighted by Gasteiger charge is -2.32. The van der Waals surface area contributed by atoms with Gasteiger partial charge in [0, 0.05) is 37.9 Å². The minimum Gasteiger partial charge on any atom is -0.382 e. The average Bonchev–Trinajstić information content (AvgIpc) is 2.33. The van der Waals surface area contributed by atoms with Gasteiger partial charge in [0.15, 0.2) is 0 Å². The first kappa shape index (κ1) is 11.4. The minimum absolute atomic E-state index is 0.622.